The van der Waals surface area contributed by atoms with Gasteiger partial charge in [-0.1, -0.05) is 6.08 Å². The van der Waals surface area contributed by atoms with E-state index in [4.69, 9.17) is 5.73 Å². The Morgan fingerprint density at radius 1 is 1.32 bits per heavy atom. The molecule has 0 spiro atoms. The summed E-state index contributed by atoms with van der Waals surface area (Å²) in [7, 11) is -2.12. The van der Waals surface area contributed by atoms with Gasteiger partial charge >= 0.3 is 6.03 Å². The van der Waals surface area contributed by atoms with Gasteiger partial charge in [-0.3, -0.25) is 10.1 Å². The third-order valence-electron chi connectivity index (χ3n) is 2.66. The molecular weight excluding hydrogens is 308 g/mol. The van der Waals surface area contributed by atoms with Crippen LogP contribution < -0.4 is 16.4 Å². The smallest absolute Gasteiger partial charge is 0.318 e. The molecule has 1 aromatic rings. The van der Waals surface area contributed by atoms with Gasteiger partial charge in [-0.25, -0.2) is 13.2 Å². The van der Waals surface area contributed by atoms with E-state index in [1.165, 1.54) is 41.7 Å². The predicted molar refractivity (Wildman–Crippen MR) is 82.7 cm³/mol. The normalized spacial score (nSPS) is 11.0. The molecule has 0 aliphatic carbocycles. The van der Waals surface area contributed by atoms with Gasteiger partial charge in [-0.05, 0) is 24.3 Å². The van der Waals surface area contributed by atoms with Crippen molar-refractivity contribution in [2.75, 3.05) is 25.5 Å². The molecule has 0 radical (unpaired) electrons. The second-order valence-electron chi connectivity index (χ2n) is 4.36. The van der Waals surface area contributed by atoms with Gasteiger partial charge in [0.25, 0.3) is 0 Å². The second kappa shape index (κ2) is 7.57. The Hall–Kier alpha value is -2.39. The van der Waals surface area contributed by atoms with Crippen LogP contribution in [0.5, 0.6) is 0 Å². The number of anilines is 1. The van der Waals surface area contributed by atoms with Gasteiger partial charge in [-0.15, -0.1) is 6.58 Å². The second-order valence-corrected chi connectivity index (χ2v) is 6.41. The van der Waals surface area contributed by atoms with Gasteiger partial charge in [0.15, 0.2) is 0 Å². The van der Waals surface area contributed by atoms with Crippen LogP contribution in [0.25, 0.3) is 0 Å². The number of benzene rings is 1. The first kappa shape index (κ1) is 17.7. The number of sulfonamides is 1. The third-order valence-corrected chi connectivity index (χ3v) is 4.50. The summed E-state index contributed by atoms with van der Waals surface area (Å²) in [6.07, 6.45) is 1.49. The number of hydrogen-bond acceptors (Lipinski definition) is 5. The fraction of sp³-hybridized carbons (Fsp3) is 0.231. The van der Waals surface area contributed by atoms with Crippen LogP contribution in [0.15, 0.2) is 41.8 Å². The van der Waals surface area contributed by atoms with Crippen LogP contribution >= 0.6 is 0 Å². The fourth-order valence-corrected chi connectivity index (χ4v) is 2.71. The molecule has 0 bridgehead atoms. The number of likely N-dealkylation sites (N-methyl/N-ethyl adjacent to an activating group) is 1. The van der Waals surface area contributed by atoms with E-state index >= 15 is 0 Å². The maximum atomic E-state index is 12.2. The van der Waals surface area contributed by atoms with Crippen LogP contribution in [0.1, 0.15) is 0 Å². The van der Waals surface area contributed by atoms with E-state index in [9.17, 15) is 18.0 Å². The molecule has 0 heterocycles. The monoisotopic (exact) mass is 326 g/mol. The lowest BCUT2D eigenvalue weighted by Gasteiger charge is -2.15. The quantitative estimate of drug-likeness (QED) is 0.614. The van der Waals surface area contributed by atoms with Crippen LogP contribution in [0.3, 0.4) is 0 Å². The Balaban J connectivity index is 2.73. The maximum Gasteiger partial charge on any atom is 0.318 e. The summed E-state index contributed by atoms with van der Waals surface area (Å²) in [6.45, 7) is 3.54. The topological polar surface area (TPSA) is 122 Å². The van der Waals surface area contributed by atoms with Crippen molar-refractivity contribution in [1.29, 1.82) is 0 Å². The number of nitrogens with zero attached hydrogens (tertiary/aromatic N) is 1. The van der Waals surface area contributed by atoms with Crippen molar-refractivity contribution in [1.82, 2.24) is 9.62 Å². The molecule has 120 valence electrons. The minimum atomic E-state index is -3.57. The van der Waals surface area contributed by atoms with E-state index < -0.39 is 22.0 Å². The molecule has 22 heavy (non-hydrogen) atoms. The summed E-state index contributed by atoms with van der Waals surface area (Å²) in [4.78, 5) is 21.8. The van der Waals surface area contributed by atoms with Crippen molar-refractivity contribution in [3.8, 4) is 0 Å². The van der Waals surface area contributed by atoms with Gasteiger partial charge in [0.05, 0.1) is 11.4 Å². The van der Waals surface area contributed by atoms with Gasteiger partial charge < -0.3 is 11.1 Å². The average molecular weight is 326 g/mol. The highest BCUT2D eigenvalue weighted by Crippen LogP contribution is 2.17. The van der Waals surface area contributed by atoms with E-state index in [0.717, 1.165) is 0 Å². The number of primary amides is 1. The van der Waals surface area contributed by atoms with Crippen molar-refractivity contribution in [3.05, 3.63) is 36.9 Å². The molecule has 0 fully saturated rings. The largest absolute Gasteiger partial charge is 0.376 e. The zero-order chi connectivity index (χ0) is 16.8. The zero-order valence-electron chi connectivity index (χ0n) is 12.1. The van der Waals surface area contributed by atoms with Gasteiger partial charge in [-0.2, -0.15) is 4.31 Å². The van der Waals surface area contributed by atoms with Crippen LogP contribution in [0, 0.1) is 0 Å². The van der Waals surface area contributed by atoms with Crippen LogP contribution in [0.2, 0.25) is 0 Å². The number of nitrogens with one attached hydrogen (secondary N) is 2. The highest BCUT2D eigenvalue weighted by molar-refractivity contribution is 7.89. The molecule has 0 atom stereocenters. The number of nitrogens with two attached hydrogens (primary N) is 1. The number of rotatable bonds is 7. The number of hydrogen-bond donors (Lipinski definition) is 3. The number of carbonyl (C=O) groups is 2. The summed E-state index contributed by atoms with van der Waals surface area (Å²) < 4.78 is 25.5. The van der Waals surface area contributed by atoms with Crippen molar-refractivity contribution in [3.63, 3.8) is 0 Å². The molecule has 0 aliphatic rings. The van der Waals surface area contributed by atoms with Gasteiger partial charge in [0.2, 0.25) is 15.9 Å². The predicted octanol–water partition coefficient (Wildman–Crippen LogP) is 0.0999. The first-order valence-corrected chi connectivity index (χ1v) is 7.72. The van der Waals surface area contributed by atoms with E-state index in [2.05, 4.69) is 11.9 Å². The summed E-state index contributed by atoms with van der Waals surface area (Å²) in [6, 6.07) is 4.95. The molecular formula is C13H18N4O4S. The van der Waals surface area contributed by atoms with Crippen LogP contribution in [-0.2, 0) is 14.8 Å². The lowest BCUT2D eigenvalue weighted by molar-refractivity contribution is -0.118. The van der Waals surface area contributed by atoms with Gasteiger partial charge in [0, 0.05) is 19.3 Å². The van der Waals surface area contributed by atoms with Crippen molar-refractivity contribution < 1.29 is 18.0 Å². The summed E-state index contributed by atoms with van der Waals surface area (Å²) in [5.41, 5.74) is 5.34. The van der Waals surface area contributed by atoms with E-state index in [1.54, 1.807) is 0 Å². The summed E-state index contributed by atoms with van der Waals surface area (Å²) in [5, 5.41) is 4.64. The number of imide groups is 1. The Morgan fingerprint density at radius 2 is 1.91 bits per heavy atom. The Bertz CT molecular complexity index is 655. The summed E-state index contributed by atoms with van der Waals surface area (Å²) in [5.74, 6) is -0.588. The minimum absolute atomic E-state index is 0.129. The minimum Gasteiger partial charge on any atom is -0.376 e. The third kappa shape index (κ3) is 4.86. The summed E-state index contributed by atoms with van der Waals surface area (Å²) >= 11 is 0. The van der Waals surface area contributed by atoms with Crippen LogP contribution in [0.4, 0.5) is 10.5 Å². The number of carbonyl (C=O) groups excluding carboxylic acids is 2. The van der Waals surface area contributed by atoms with E-state index in [0.29, 0.717) is 5.69 Å². The van der Waals surface area contributed by atoms with Crippen molar-refractivity contribution >= 4 is 27.6 Å². The molecule has 0 aromatic heterocycles. The SMILES string of the molecule is C=CCN(C)S(=O)(=O)c1ccc(NCC(=O)NC(N)=O)cc1. The average Bonchev–Trinajstić information content (AvgIpc) is 2.45. The van der Waals surface area contributed by atoms with E-state index in [1.807, 2.05) is 5.32 Å². The Labute approximate surface area is 129 Å². The first-order valence-electron chi connectivity index (χ1n) is 6.28. The number of amides is 3. The lowest BCUT2D eigenvalue weighted by Crippen LogP contribution is -2.38. The highest BCUT2D eigenvalue weighted by atomic mass is 32.2. The van der Waals surface area contributed by atoms with Crippen molar-refractivity contribution in [2.24, 2.45) is 5.73 Å². The number of urea groups is 1. The van der Waals surface area contributed by atoms with Gasteiger partial charge in [0.1, 0.15) is 0 Å². The first-order chi connectivity index (χ1) is 10.3. The highest BCUT2D eigenvalue weighted by Gasteiger charge is 2.19. The zero-order valence-corrected chi connectivity index (χ0v) is 12.9. The molecule has 0 saturated heterocycles. The molecule has 0 aliphatic heterocycles. The molecule has 8 nitrogen and oxygen atoms in total. The molecule has 1 rings (SSSR count). The Morgan fingerprint density at radius 3 is 2.41 bits per heavy atom. The molecule has 9 heteroatoms. The van der Waals surface area contributed by atoms with Crippen LogP contribution in [-0.4, -0.2) is 44.8 Å². The maximum absolute atomic E-state index is 12.2. The van der Waals surface area contributed by atoms with Crippen molar-refractivity contribution in [2.45, 2.75) is 4.90 Å². The fourth-order valence-electron chi connectivity index (χ4n) is 1.57. The molecule has 0 unspecified atom stereocenters. The van der Waals surface area contributed by atoms with E-state index in [-0.39, 0.29) is 18.0 Å². The standard InChI is InChI=1S/C13H18N4O4S/c1-3-8-17(2)22(20,21)11-6-4-10(5-7-11)15-9-12(18)16-13(14)19/h3-7,15H,1,8-9H2,2H3,(H3,14,16,18,19). The lowest BCUT2D eigenvalue weighted by atomic mass is 10.3. The molecule has 1 aromatic carbocycles. The molecule has 0 saturated carbocycles. The molecule has 4 N–H and O–H groups in total. The molecule has 3 amide bonds. The Kier molecular flexibility index (Phi) is 6.08.